The van der Waals surface area contributed by atoms with Crippen LogP contribution in [0.1, 0.15) is 18.5 Å². The van der Waals surface area contributed by atoms with Gasteiger partial charge >= 0.3 is 6.36 Å². The third-order valence-electron chi connectivity index (χ3n) is 3.07. The van der Waals surface area contributed by atoms with Crippen molar-refractivity contribution >= 4 is 23.5 Å². The third kappa shape index (κ3) is 4.23. The average molecular weight is 323 g/mol. The highest BCUT2D eigenvalue weighted by Gasteiger charge is 2.32. The predicted octanol–water partition coefficient (Wildman–Crippen LogP) is 3.82. The van der Waals surface area contributed by atoms with Crippen molar-refractivity contribution in [2.45, 2.75) is 29.8 Å². The first-order chi connectivity index (χ1) is 9.37. The van der Waals surface area contributed by atoms with Crippen molar-refractivity contribution < 1.29 is 17.9 Å². The van der Waals surface area contributed by atoms with Crippen molar-refractivity contribution in [1.82, 2.24) is 0 Å². The lowest BCUT2D eigenvalue weighted by Gasteiger charge is -2.32. The van der Waals surface area contributed by atoms with Crippen molar-refractivity contribution in [3.05, 3.63) is 29.8 Å². The molecule has 2 nitrogen and oxygen atoms in total. The Morgan fingerprint density at radius 3 is 2.65 bits per heavy atom. The van der Waals surface area contributed by atoms with Gasteiger partial charge in [-0.05, 0) is 17.7 Å². The molecule has 2 N–H and O–H groups in total. The van der Waals surface area contributed by atoms with E-state index in [1.54, 1.807) is 23.9 Å². The first-order valence-electron chi connectivity index (χ1n) is 6.21. The van der Waals surface area contributed by atoms with Gasteiger partial charge in [-0.1, -0.05) is 19.1 Å². The zero-order valence-corrected chi connectivity index (χ0v) is 12.5. The third-order valence-corrected chi connectivity index (χ3v) is 6.28. The minimum atomic E-state index is -4.68. The molecule has 1 saturated heterocycles. The zero-order chi connectivity index (χ0) is 14.8. The summed E-state index contributed by atoms with van der Waals surface area (Å²) in [5.74, 6) is 1.89. The van der Waals surface area contributed by atoms with Crippen LogP contribution >= 0.6 is 23.5 Å². The van der Waals surface area contributed by atoms with Gasteiger partial charge in [-0.25, -0.2) is 0 Å². The van der Waals surface area contributed by atoms with Crippen LogP contribution in [0.3, 0.4) is 0 Å². The molecule has 1 aromatic rings. The Hall–Kier alpha value is -0.530. The van der Waals surface area contributed by atoms with E-state index in [0.717, 1.165) is 11.5 Å². The summed E-state index contributed by atoms with van der Waals surface area (Å²) in [6.45, 7) is 2.11. The SMILES string of the molecule is CC1SCCSC1C(N)c1cccc(OC(F)(F)F)c1. The summed E-state index contributed by atoms with van der Waals surface area (Å²) in [5.41, 5.74) is 6.90. The second-order valence-corrected chi connectivity index (χ2v) is 7.33. The average Bonchev–Trinajstić information content (AvgIpc) is 2.37. The number of rotatable bonds is 3. The van der Waals surface area contributed by atoms with E-state index in [1.165, 1.54) is 12.1 Å². The van der Waals surface area contributed by atoms with Gasteiger partial charge in [-0.3, -0.25) is 0 Å². The minimum absolute atomic E-state index is 0.204. The minimum Gasteiger partial charge on any atom is -0.406 e. The highest BCUT2D eigenvalue weighted by molar-refractivity contribution is 8.07. The molecule has 1 aromatic carbocycles. The van der Waals surface area contributed by atoms with E-state index in [0.29, 0.717) is 10.8 Å². The van der Waals surface area contributed by atoms with Gasteiger partial charge in [0, 0.05) is 28.0 Å². The molecular weight excluding hydrogens is 307 g/mol. The highest BCUT2D eigenvalue weighted by Crippen LogP contribution is 2.38. The van der Waals surface area contributed by atoms with Crippen LogP contribution in [0.4, 0.5) is 13.2 Å². The lowest BCUT2D eigenvalue weighted by atomic mass is 10.0. The molecule has 3 unspecified atom stereocenters. The molecule has 7 heteroatoms. The van der Waals surface area contributed by atoms with Crippen molar-refractivity contribution in [2.24, 2.45) is 5.73 Å². The molecule has 1 aliphatic heterocycles. The van der Waals surface area contributed by atoms with Crippen LogP contribution < -0.4 is 10.5 Å². The van der Waals surface area contributed by atoms with Gasteiger partial charge < -0.3 is 10.5 Å². The van der Waals surface area contributed by atoms with Gasteiger partial charge in [0.2, 0.25) is 0 Å². The molecule has 20 heavy (non-hydrogen) atoms. The molecule has 3 atom stereocenters. The van der Waals surface area contributed by atoms with E-state index >= 15 is 0 Å². The largest absolute Gasteiger partial charge is 0.573 e. The fourth-order valence-corrected chi connectivity index (χ4v) is 5.03. The van der Waals surface area contributed by atoms with E-state index in [-0.39, 0.29) is 17.0 Å². The molecule has 2 rings (SSSR count). The van der Waals surface area contributed by atoms with Crippen LogP contribution in [0.5, 0.6) is 5.75 Å². The van der Waals surface area contributed by atoms with Crippen molar-refractivity contribution in [1.29, 1.82) is 0 Å². The number of thioether (sulfide) groups is 2. The molecule has 0 bridgehead atoms. The van der Waals surface area contributed by atoms with E-state index < -0.39 is 6.36 Å². The molecule has 1 fully saturated rings. The number of alkyl halides is 3. The van der Waals surface area contributed by atoms with E-state index in [2.05, 4.69) is 11.7 Å². The Morgan fingerprint density at radius 1 is 1.30 bits per heavy atom. The van der Waals surface area contributed by atoms with E-state index in [9.17, 15) is 13.2 Å². The molecule has 1 heterocycles. The van der Waals surface area contributed by atoms with Gasteiger partial charge in [-0.2, -0.15) is 23.5 Å². The van der Waals surface area contributed by atoms with Crippen LogP contribution in [0, 0.1) is 0 Å². The first-order valence-corrected chi connectivity index (χ1v) is 8.31. The fraction of sp³-hybridized carbons (Fsp3) is 0.538. The van der Waals surface area contributed by atoms with Crippen LogP contribution in [0.25, 0.3) is 0 Å². The number of nitrogens with two attached hydrogens (primary N) is 1. The summed E-state index contributed by atoms with van der Waals surface area (Å²) < 4.78 is 40.6. The number of halogens is 3. The second kappa shape index (κ2) is 6.49. The quantitative estimate of drug-likeness (QED) is 0.917. The molecule has 112 valence electrons. The number of hydrogen-bond acceptors (Lipinski definition) is 4. The Labute approximate surface area is 124 Å². The molecule has 0 aliphatic carbocycles. The molecule has 0 amide bonds. The Bertz CT molecular complexity index is 455. The molecule has 0 saturated carbocycles. The topological polar surface area (TPSA) is 35.2 Å². The standard InChI is InChI=1S/C13H16F3NOS2/c1-8-12(20-6-5-19-8)11(17)9-3-2-4-10(7-9)18-13(14,15)16/h2-4,7-8,11-12H,5-6,17H2,1H3. The normalized spacial score (nSPS) is 25.2. The number of ether oxygens (including phenoxy) is 1. The maximum atomic E-state index is 12.2. The Kier molecular flexibility index (Phi) is 5.14. The Morgan fingerprint density at radius 2 is 2.00 bits per heavy atom. The molecular formula is C13H16F3NOS2. The van der Waals surface area contributed by atoms with Gasteiger partial charge in [-0.15, -0.1) is 13.2 Å². The van der Waals surface area contributed by atoms with Gasteiger partial charge in [0.05, 0.1) is 0 Å². The van der Waals surface area contributed by atoms with Crippen LogP contribution in [-0.2, 0) is 0 Å². The molecule has 0 spiro atoms. The monoisotopic (exact) mass is 323 g/mol. The summed E-state index contributed by atoms with van der Waals surface area (Å²) >= 11 is 3.64. The van der Waals surface area contributed by atoms with Crippen molar-refractivity contribution in [3.8, 4) is 5.75 Å². The van der Waals surface area contributed by atoms with Gasteiger partial charge in [0.1, 0.15) is 5.75 Å². The van der Waals surface area contributed by atoms with Gasteiger partial charge in [0.25, 0.3) is 0 Å². The maximum Gasteiger partial charge on any atom is 0.573 e. The number of benzene rings is 1. The molecule has 0 radical (unpaired) electrons. The lowest BCUT2D eigenvalue weighted by molar-refractivity contribution is -0.274. The first kappa shape index (κ1) is 15.9. The van der Waals surface area contributed by atoms with E-state index in [4.69, 9.17) is 5.73 Å². The fourth-order valence-electron chi connectivity index (χ4n) is 2.15. The summed E-state index contributed by atoms with van der Waals surface area (Å²) in [4.78, 5) is 0. The predicted molar refractivity (Wildman–Crippen MR) is 78.2 cm³/mol. The summed E-state index contributed by atoms with van der Waals surface area (Å²) in [5, 5.41) is 0.589. The Balaban J connectivity index is 2.13. The van der Waals surface area contributed by atoms with Gasteiger partial charge in [0.15, 0.2) is 0 Å². The van der Waals surface area contributed by atoms with Crippen LogP contribution in [0.2, 0.25) is 0 Å². The molecule has 1 aliphatic rings. The van der Waals surface area contributed by atoms with Crippen LogP contribution in [0.15, 0.2) is 24.3 Å². The summed E-state index contributed by atoms with van der Waals surface area (Å²) in [6.07, 6.45) is -4.68. The summed E-state index contributed by atoms with van der Waals surface area (Å²) in [6, 6.07) is 5.67. The molecule has 0 aromatic heterocycles. The lowest BCUT2D eigenvalue weighted by Crippen LogP contribution is -2.34. The second-order valence-electron chi connectivity index (χ2n) is 4.56. The van der Waals surface area contributed by atoms with Crippen molar-refractivity contribution in [3.63, 3.8) is 0 Å². The zero-order valence-electron chi connectivity index (χ0n) is 10.9. The smallest absolute Gasteiger partial charge is 0.406 e. The van der Waals surface area contributed by atoms with Crippen LogP contribution in [-0.4, -0.2) is 28.4 Å². The maximum absolute atomic E-state index is 12.2. The van der Waals surface area contributed by atoms with Crippen molar-refractivity contribution in [2.75, 3.05) is 11.5 Å². The highest BCUT2D eigenvalue weighted by atomic mass is 32.2. The summed E-state index contributed by atoms with van der Waals surface area (Å²) in [7, 11) is 0. The van der Waals surface area contributed by atoms with E-state index in [1.807, 2.05) is 11.8 Å². The number of hydrogen-bond donors (Lipinski definition) is 1.